The Morgan fingerprint density at radius 3 is 3.15 bits per heavy atom. The maximum absolute atomic E-state index is 2.32. The number of hydrogen-bond acceptors (Lipinski definition) is 0. The molecule has 0 aromatic heterocycles. The third-order valence-corrected chi connectivity index (χ3v) is 3.74. The Morgan fingerprint density at radius 1 is 1.38 bits per heavy atom. The molecule has 1 heteroatoms. The van der Waals surface area contributed by atoms with Crippen LogP contribution in [-0.4, -0.2) is 0 Å². The summed E-state index contributed by atoms with van der Waals surface area (Å²) in [6.07, 6.45) is 17.0. The fraction of sp³-hybridized carbons (Fsp3) is 0.333. The van der Waals surface area contributed by atoms with Gasteiger partial charge in [-0.05, 0) is 0 Å². The third kappa shape index (κ3) is 5.00. The van der Waals surface area contributed by atoms with Crippen molar-refractivity contribution in [3.63, 3.8) is 0 Å². The second-order valence-corrected chi connectivity index (χ2v) is 5.05. The van der Waals surface area contributed by atoms with Gasteiger partial charge < -0.3 is 0 Å². The Bertz CT molecular complexity index is 244. The van der Waals surface area contributed by atoms with E-state index in [-0.39, 0.29) is 0 Å². The van der Waals surface area contributed by atoms with Crippen molar-refractivity contribution in [1.82, 2.24) is 0 Å². The van der Waals surface area contributed by atoms with Crippen LogP contribution < -0.4 is 0 Å². The average molecular weight is 261 g/mol. The SMILES string of the molecule is C/C=C/C=[CH]/[Ru][C]1=CC=CCCC1. The van der Waals surface area contributed by atoms with E-state index in [1.54, 1.807) is 4.17 Å². The van der Waals surface area contributed by atoms with Crippen LogP contribution in [0.4, 0.5) is 0 Å². The molecule has 0 saturated carbocycles. The van der Waals surface area contributed by atoms with E-state index >= 15 is 0 Å². The average Bonchev–Trinajstić information content (AvgIpc) is 2.41. The number of rotatable bonds is 3. The van der Waals surface area contributed by atoms with Crippen LogP contribution in [-0.2, 0) is 17.1 Å². The molecule has 72 valence electrons. The quantitative estimate of drug-likeness (QED) is 0.535. The van der Waals surface area contributed by atoms with E-state index in [0.717, 1.165) is 0 Å². The summed E-state index contributed by atoms with van der Waals surface area (Å²) in [5, 5.41) is 0. The van der Waals surface area contributed by atoms with Gasteiger partial charge in [0.15, 0.2) is 0 Å². The summed E-state index contributed by atoms with van der Waals surface area (Å²) in [6.45, 7) is 2.05. The molecule has 0 nitrogen and oxygen atoms in total. The summed E-state index contributed by atoms with van der Waals surface area (Å²) in [5.74, 6) is 0. The van der Waals surface area contributed by atoms with Crippen molar-refractivity contribution in [2.24, 2.45) is 0 Å². The Balaban J connectivity index is 2.35. The van der Waals surface area contributed by atoms with Crippen LogP contribution in [0, 0.1) is 0 Å². The molecule has 0 unspecified atom stereocenters. The van der Waals surface area contributed by atoms with E-state index in [1.807, 2.05) is 6.92 Å². The molecule has 0 heterocycles. The zero-order chi connectivity index (χ0) is 9.36. The first-order valence-corrected chi connectivity index (χ1v) is 6.55. The van der Waals surface area contributed by atoms with Crippen LogP contribution >= 0.6 is 0 Å². The van der Waals surface area contributed by atoms with E-state index in [0.29, 0.717) is 17.1 Å². The number of allylic oxidation sites excluding steroid dienone is 7. The molecular formula is C12H16Ru. The molecule has 1 aliphatic carbocycles. The van der Waals surface area contributed by atoms with Crippen molar-refractivity contribution in [3.05, 3.63) is 45.3 Å². The van der Waals surface area contributed by atoms with Gasteiger partial charge >= 0.3 is 88.6 Å². The fourth-order valence-corrected chi connectivity index (χ4v) is 2.70. The van der Waals surface area contributed by atoms with Crippen LogP contribution in [0.3, 0.4) is 0 Å². The monoisotopic (exact) mass is 262 g/mol. The van der Waals surface area contributed by atoms with E-state index in [1.165, 1.54) is 19.3 Å². The van der Waals surface area contributed by atoms with E-state index in [4.69, 9.17) is 0 Å². The van der Waals surface area contributed by atoms with E-state index in [9.17, 15) is 0 Å². The molecule has 0 radical (unpaired) electrons. The maximum atomic E-state index is 2.32. The van der Waals surface area contributed by atoms with Gasteiger partial charge in [0.1, 0.15) is 0 Å². The molecule has 0 aromatic rings. The molecule has 1 aliphatic rings. The summed E-state index contributed by atoms with van der Waals surface area (Å²) in [6, 6.07) is 0. The molecule has 0 bridgehead atoms. The normalized spacial score (nSPS) is 18.4. The second-order valence-electron chi connectivity index (χ2n) is 2.86. The second kappa shape index (κ2) is 7.03. The van der Waals surface area contributed by atoms with Crippen LogP contribution in [0.25, 0.3) is 0 Å². The van der Waals surface area contributed by atoms with Crippen molar-refractivity contribution < 1.29 is 17.1 Å². The summed E-state index contributed by atoms with van der Waals surface area (Å²) in [4.78, 5) is 0. The first-order chi connectivity index (χ1) is 6.43. The zero-order valence-electron chi connectivity index (χ0n) is 8.02. The molecule has 0 aromatic carbocycles. The molecule has 0 spiro atoms. The van der Waals surface area contributed by atoms with Gasteiger partial charge in [-0.3, -0.25) is 0 Å². The van der Waals surface area contributed by atoms with Gasteiger partial charge in [-0.25, -0.2) is 0 Å². The van der Waals surface area contributed by atoms with Gasteiger partial charge in [0.05, 0.1) is 0 Å². The van der Waals surface area contributed by atoms with Gasteiger partial charge in [0.25, 0.3) is 0 Å². The summed E-state index contributed by atoms with van der Waals surface area (Å²) >= 11 is 0.325. The molecule has 0 N–H and O–H groups in total. The van der Waals surface area contributed by atoms with E-state index in [2.05, 4.69) is 41.1 Å². The van der Waals surface area contributed by atoms with Crippen molar-refractivity contribution in [3.8, 4) is 0 Å². The molecule has 0 saturated heterocycles. The standard InChI is InChI=1S/C7H9.C5H7.Ru/c1-2-4-6-7-5-3-1;1-3-5-4-2;/h1-3H,4,6-7H2;1,3-5H,2H3;/b;3-1?,5-4+;. The Labute approximate surface area is 88.7 Å². The molecule has 0 fully saturated rings. The zero-order valence-corrected chi connectivity index (χ0v) is 9.75. The number of hydrogen-bond donors (Lipinski definition) is 0. The van der Waals surface area contributed by atoms with Gasteiger partial charge in [0.2, 0.25) is 0 Å². The van der Waals surface area contributed by atoms with Crippen molar-refractivity contribution >= 4 is 0 Å². The van der Waals surface area contributed by atoms with Crippen LogP contribution in [0.5, 0.6) is 0 Å². The molecular weight excluding hydrogens is 245 g/mol. The first kappa shape index (κ1) is 10.7. The molecule has 0 aliphatic heterocycles. The first-order valence-electron chi connectivity index (χ1n) is 4.68. The van der Waals surface area contributed by atoms with Gasteiger partial charge in [-0.2, -0.15) is 0 Å². The summed E-state index contributed by atoms with van der Waals surface area (Å²) in [7, 11) is 0. The summed E-state index contributed by atoms with van der Waals surface area (Å²) < 4.78 is 3.96. The predicted octanol–water partition coefficient (Wildman–Crippen LogP) is 3.78. The molecule has 0 amide bonds. The van der Waals surface area contributed by atoms with Gasteiger partial charge in [-0.15, -0.1) is 0 Å². The molecule has 0 atom stereocenters. The van der Waals surface area contributed by atoms with Crippen LogP contribution in [0.2, 0.25) is 0 Å². The summed E-state index contributed by atoms with van der Waals surface area (Å²) in [5.41, 5.74) is 0. The predicted molar refractivity (Wildman–Crippen MR) is 55.0 cm³/mol. The molecule has 1 rings (SSSR count). The van der Waals surface area contributed by atoms with Crippen molar-refractivity contribution in [2.75, 3.05) is 0 Å². The van der Waals surface area contributed by atoms with Gasteiger partial charge in [-0.1, -0.05) is 0 Å². The minimum absolute atomic E-state index is 0.325. The van der Waals surface area contributed by atoms with Crippen LogP contribution in [0.15, 0.2) is 45.3 Å². The topological polar surface area (TPSA) is 0 Å². The third-order valence-electron chi connectivity index (χ3n) is 1.75. The fourth-order valence-electron chi connectivity index (χ4n) is 1.08. The Kier molecular flexibility index (Phi) is 5.77. The Morgan fingerprint density at radius 2 is 2.31 bits per heavy atom. The van der Waals surface area contributed by atoms with Crippen LogP contribution in [0.1, 0.15) is 26.2 Å². The Hall–Kier alpha value is -0.417. The molecule has 13 heavy (non-hydrogen) atoms. The van der Waals surface area contributed by atoms with Crippen molar-refractivity contribution in [2.45, 2.75) is 26.2 Å². The van der Waals surface area contributed by atoms with E-state index < -0.39 is 0 Å². The minimum atomic E-state index is 0.325. The van der Waals surface area contributed by atoms with Crippen molar-refractivity contribution in [1.29, 1.82) is 0 Å². The van der Waals surface area contributed by atoms with Gasteiger partial charge in [0, 0.05) is 0 Å².